The fraction of sp³-hybridized carbons (Fsp3) is 0.438. The van der Waals surface area contributed by atoms with Crippen LogP contribution in [0.4, 0.5) is 0 Å². The Hall–Kier alpha value is -2.61. The van der Waals surface area contributed by atoms with Crippen molar-refractivity contribution in [3.05, 3.63) is 23.8 Å². The highest BCUT2D eigenvalue weighted by molar-refractivity contribution is 6.01. The fourth-order valence-corrected chi connectivity index (χ4v) is 1.82. The second kappa shape index (κ2) is 10.2. The third-order valence-corrected chi connectivity index (χ3v) is 3.04. The standard InChI is InChI=1S/C16H23N3O5/c1-11(9-15(20)17-7-8-22-2)18-19-16(21)12-5-6-13(23-3)14(10-12)24-4/h5-6,10H,7-9H2,1-4H3,(H,17,20)(H,19,21)/b18-11+. The van der Waals surface area contributed by atoms with Crippen LogP contribution in [-0.4, -0.2) is 52.0 Å². The third-order valence-electron chi connectivity index (χ3n) is 3.04. The smallest absolute Gasteiger partial charge is 0.271 e. The minimum Gasteiger partial charge on any atom is -0.493 e. The first kappa shape index (κ1) is 19.4. The molecule has 0 aliphatic rings. The van der Waals surface area contributed by atoms with Gasteiger partial charge in [-0.1, -0.05) is 0 Å². The summed E-state index contributed by atoms with van der Waals surface area (Å²) in [7, 11) is 4.57. The van der Waals surface area contributed by atoms with Crippen molar-refractivity contribution in [2.24, 2.45) is 5.10 Å². The molecule has 0 saturated carbocycles. The Kier molecular flexibility index (Phi) is 8.28. The quantitative estimate of drug-likeness (QED) is 0.397. The maximum absolute atomic E-state index is 12.1. The predicted molar refractivity (Wildman–Crippen MR) is 89.6 cm³/mol. The Balaban J connectivity index is 2.59. The molecule has 0 bridgehead atoms. The number of ether oxygens (including phenoxy) is 3. The number of rotatable bonds is 9. The zero-order valence-corrected chi connectivity index (χ0v) is 14.3. The minimum atomic E-state index is -0.407. The average molecular weight is 337 g/mol. The Labute approximate surface area is 141 Å². The summed E-state index contributed by atoms with van der Waals surface area (Å²) in [5.41, 5.74) is 3.26. The van der Waals surface area contributed by atoms with Crippen molar-refractivity contribution >= 4 is 17.5 Å². The summed E-state index contributed by atoms with van der Waals surface area (Å²) >= 11 is 0. The first-order chi connectivity index (χ1) is 11.5. The summed E-state index contributed by atoms with van der Waals surface area (Å²) in [4.78, 5) is 23.7. The van der Waals surface area contributed by atoms with Gasteiger partial charge in [-0.15, -0.1) is 0 Å². The number of hydrogen-bond donors (Lipinski definition) is 2. The summed E-state index contributed by atoms with van der Waals surface area (Å²) in [5.74, 6) is 0.383. The molecule has 0 radical (unpaired) electrons. The van der Waals surface area contributed by atoms with Gasteiger partial charge in [0.25, 0.3) is 5.91 Å². The molecule has 1 aromatic carbocycles. The van der Waals surface area contributed by atoms with E-state index in [1.165, 1.54) is 14.2 Å². The molecule has 0 fully saturated rings. The van der Waals surface area contributed by atoms with Crippen molar-refractivity contribution in [2.45, 2.75) is 13.3 Å². The molecule has 1 aromatic rings. The van der Waals surface area contributed by atoms with E-state index in [0.717, 1.165) is 0 Å². The highest BCUT2D eigenvalue weighted by atomic mass is 16.5. The molecule has 2 N–H and O–H groups in total. The molecule has 0 spiro atoms. The number of amides is 2. The van der Waals surface area contributed by atoms with E-state index in [9.17, 15) is 9.59 Å². The van der Waals surface area contributed by atoms with Crippen LogP contribution in [0, 0.1) is 0 Å². The minimum absolute atomic E-state index is 0.0932. The lowest BCUT2D eigenvalue weighted by atomic mass is 10.2. The molecule has 0 heterocycles. The first-order valence-electron chi connectivity index (χ1n) is 7.33. The molecule has 0 aliphatic carbocycles. The van der Waals surface area contributed by atoms with Crippen molar-refractivity contribution in [1.29, 1.82) is 0 Å². The van der Waals surface area contributed by atoms with Gasteiger partial charge in [-0.05, 0) is 25.1 Å². The van der Waals surface area contributed by atoms with Gasteiger partial charge in [0.1, 0.15) is 0 Å². The van der Waals surface area contributed by atoms with E-state index in [1.54, 1.807) is 32.2 Å². The molecule has 132 valence electrons. The fourth-order valence-electron chi connectivity index (χ4n) is 1.82. The largest absolute Gasteiger partial charge is 0.493 e. The van der Waals surface area contributed by atoms with E-state index in [4.69, 9.17) is 14.2 Å². The molecule has 0 aromatic heterocycles. The van der Waals surface area contributed by atoms with Gasteiger partial charge in [0.05, 0.1) is 27.2 Å². The second-order valence-electron chi connectivity index (χ2n) is 4.88. The predicted octanol–water partition coefficient (Wildman–Crippen LogP) is 0.962. The van der Waals surface area contributed by atoms with E-state index in [2.05, 4.69) is 15.8 Å². The summed E-state index contributed by atoms with van der Waals surface area (Å²) in [6.07, 6.45) is 0.0932. The summed E-state index contributed by atoms with van der Waals surface area (Å²) < 4.78 is 15.1. The van der Waals surface area contributed by atoms with Crippen LogP contribution in [0.3, 0.4) is 0 Å². The van der Waals surface area contributed by atoms with Crippen molar-refractivity contribution < 1.29 is 23.8 Å². The summed E-state index contributed by atoms with van der Waals surface area (Å²) in [6, 6.07) is 4.78. The Morgan fingerprint density at radius 2 is 1.83 bits per heavy atom. The molecule has 0 atom stereocenters. The number of carbonyl (C=O) groups is 2. The molecule has 0 aliphatic heterocycles. The lowest BCUT2D eigenvalue weighted by Gasteiger charge is -2.09. The van der Waals surface area contributed by atoms with Gasteiger partial charge >= 0.3 is 0 Å². The van der Waals surface area contributed by atoms with E-state index < -0.39 is 5.91 Å². The molecule has 24 heavy (non-hydrogen) atoms. The lowest BCUT2D eigenvalue weighted by Crippen LogP contribution is -2.29. The van der Waals surface area contributed by atoms with Crippen LogP contribution in [0.2, 0.25) is 0 Å². The molecule has 1 rings (SSSR count). The molecule has 8 nitrogen and oxygen atoms in total. The third kappa shape index (κ3) is 6.25. The molecule has 0 saturated heterocycles. The van der Waals surface area contributed by atoms with Gasteiger partial charge in [0.15, 0.2) is 11.5 Å². The average Bonchev–Trinajstić information content (AvgIpc) is 2.59. The molecule has 2 amide bonds. The lowest BCUT2D eigenvalue weighted by molar-refractivity contribution is -0.120. The number of benzene rings is 1. The SMILES string of the molecule is COCCNC(=O)C/C(C)=N/NC(=O)c1ccc(OC)c(OC)c1. The molecule has 8 heteroatoms. The van der Waals surface area contributed by atoms with Crippen LogP contribution in [-0.2, 0) is 9.53 Å². The van der Waals surface area contributed by atoms with Gasteiger partial charge in [-0.3, -0.25) is 9.59 Å². The van der Waals surface area contributed by atoms with Crippen molar-refractivity contribution in [3.63, 3.8) is 0 Å². The Morgan fingerprint density at radius 3 is 2.46 bits per heavy atom. The van der Waals surface area contributed by atoms with Crippen LogP contribution >= 0.6 is 0 Å². The van der Waals surface area contributed by atoms with E-state index >= 15 is 0 Å². The monoisotopic (exact) mass is 337 g/mol. The first-order valence-corrected chi connectivity index (χ1v) is 7.33. The molecular weight excluding hydrogens is 314 g/mol. The van der Waals surface area contributed by atoms with Gasteiger partial charge in [0.2, 0.25) is 5.91 Å². The van der Waals surface area contributed by atoms with E-state index in [0.29, 0.717) is 35.9 Å². The Morgan fingerprint density at radius 1 is 1.12 bits per heavy atom. The van der Waals surface area contributed by atoms with Crippen molar-refractivity contribution in [2.75, 3.05) is 34.5 Å². The highest BCUT2D eigenvalue weighted by Crippen LogP contribution is 2.27. The van der Waals surface area contributed by atoms with Gasteiger partial charge in [0, 0.05) is 24.9 Å². The number of carbonyl (C=O) groups excluding carboxylic acids is 2. The van der Waals surface area contributed by atoms with Crippen LogP contribution in [0.15, 0.2) is 23.3 Å². The number of nitrogens with one attached hydrogen (secondary N) is 2. The Bertz CT molecular complexity index is 601. The van der Waals surface area contributed by atoms with Gasteiger partial charge in [-0.25, -0.2) is 5.43 Å². The van der Waals surface area contributed by atoms with Crippen molar-refractivity contribution in [1.82, 2.24) is 10.7 Å². The van der Waals surface area contributed by atoms with Gasteiger partial charge in [-0.2, -0.15) is 5.10 Å². The van der Waals surface area contributed by atoms with Crippen molar-refractivity contribution in [3.8, 4) is 11.5 Å². The van der Waals surface area contributed by atoms with Crippen LogP contribution in [0.5, 0.6) is 11.5 Å². The highest BCUT2D eigenvalue weighted by Gasteiger charge is 2.10. The van der Waals surface area contributed by atoms with E-state index in [1.807, 2.05) is 0 Å². The van der Waals surface area contributed by atoms with Crippen LogP contribution in [0.25, 0.3) is 0 Å². The number of methoxy groups -OCH3 is 3. The normalized spacial score (nSPS) is 10.9. The summed E-state index contributed by atoms with van der Waals surface area (Å²) in [6.45, 7) is 2.53. The summed E-state index contributed by atoms with van der Waals surface area (Å²) in [5, 5.41) is 6.59. The zero-order valence-electron chi connectivity index (χ0n) is 14.3. The number of hydrazone groups is 1. The second-order valence-corrected chi connectivity index (χ2v) is 4.88. The zero-order chi connectivity index (χ0) is 17.9. The van der Waals surface area contributed by atoms with E-state index in [-0.39, 0.29) is 12.3 Å². The molecular formula is C16H23N3O5. The maximum atomic E-state index is 12.1. The van der Waals surface area contributed by atoms with Crippen LogP contribution in [0.1, 0.15) is 23.7 Å². The van der Waals surface area contributed by atoms with Gasteiger partial charge < -0.3 is 19.5 Å². The topological polar surface area (TPSA) is 98.2 Å². The number of nitrogens with zero attached hydrogens (tertiary/aromatic N) is 1. The van der Waals surface area contributed by atoms with Crippen LogP contribution < -0.4 is 20.2 Å². The number of hydrogen-bond acceptors (Lipinski definition) is 6. The maximum Gasteiger partial charge on any atom is 0.271 e. The molecule has 0 unspecified atom stereocenters.